The summed E-state index contributed by atoms with van der Waals surface area (Å²) in [5.74, 6) is 0.0568. The second-order valence-electron chi connectivity index (χ2n) is 6.60. The summed E-state index contributed by atoms with van der Waals surface area (Å²) >= 11 is 0. The van der Waals surface area contributed by atoms with Gasteiger partial charge >= 0.3 is 0 Å². The van der Waals surface area contributed by atoms with Crippen molar-refractivity contribution in [3.8, 4) is 5.75 Å². The van der Waals surface area contributed by atoms with Gasteiger partial charge in [0.25, 0.3) is 0 Å². The van der Waals surface area contributed by atoms with Gasteiger partial charge in [0.2, 0.25) is 11.8 Å². The minimum absolute atomic E-state index is 0.193. The van der Waals surface area contributed by atoms with Crippen molar-refractivity contribution in [3.63, 3.8) is 0 Å². The molecule has 0 saturated carbocycles. The summed E-state index contributed by atoms with van der Waals surface area (Å²) in [4.78, 5) is 23.5. The van der Waals surface area contributed by atoms with Crippen LogP contribution >= 0.6 is 0 Å². The average molecular weight is 389 g/mol. The maximum Gasteiger partial charge on any atom is 0.248 e. The van der Waals surface area contributed by atoms with E-state index in [-0.39, 0.29) is 5.91 Å². The van der Waals surface area contributed by atoms with Crippen LogP contribution < -0.4 is 21.1 Å². The Labute approximate surface area is 169 Å². The zero-order chi connectivity index (χ0) is 20.6. The molecule has 6 nitrogen and oxygen atoms in total. The van der Waals surface area contributed by atoms with E-state index >= 15 is 0 Å². The van der Waals surface area contributed by atoms with E-state index in [9.17, 15) is 9.59 Å². The number of ether oxygens (including phenoxy) is 1. The molecule has 0 aliphatic rings. The van der Waals surface area contributed by atoms with Crippen molar-refractivity contribution in [1.82, 2.24) is 0 Å². The van der Waals surface area contributed by atoms with Crippen LogP contribution in [0.25, 0.3) is 0 Å². The Balaban J connectivity index is 1.50. The van der Waals surface area contributed by atoms with Gasteiger partial charge < -0.3 is 21.1 Å². The molecule has 0 aliphatic carbocycles. The smallest absolute Gasteiger partial charge is 0.248 e. The summed E-state index contributed by atoms with van der Waals surface area (Å²) in [7, 11) is 0. The zero-order valence-electron chi connectivity index (χ0n) is 16.1. The lowest BCUT2D eigenvalue weighted by atomic mass is 10.2. The summed E-state index contributed by atoms with van der Waals surface area (Å²) in [6.07, 6.45) is 0. The maximum atomic E-state index is 12.4. The molecule has 0 bridgehead atoms. The van der Waals surface area contributed by atoms with E-state index < -0.39 is 11.9 Å². The van der Waals surface area contributed by atoms with Crippen LogP contribution in [-0.4, -0.2) is 17.9 Å². The summed E-state index contributed by atoms with van der Waals surface area (Å²) in [5, 5.41) is 5.95. The highest BCUT2D eigenvalue weighted by Gasteiger charge is 2.13. The van der Waals surface area contributed by atoms with Gasteiger partial charge in [-0.25, -0.2) is 0 Å². The normalized spacial score (nSPS) is 11.3. The third kappa shape index (κ3) is 5.84. The number of amides is 2. The fraction of sp³-hybridized carbons (Fsp3) is 0.130. The molecule has 0 spiro atoms. The minimum atomic E-state index is -0.505. The molecule has 0 aromatic heterocycles. The van der Waals surface area contributed by atoms with Crippen molar-refractivity contribution in [2.45, 2.75) is 19.6 Å². The molecule has 0 aliphatic heterocycles. The second kappa shape index (κ2) is 9.41. The molecule has 0 saturated heterocycles. The van der Waals surface area contributed by atoms with Crippen molar-refractivity contribution < 1.29 is 14.3 Å². The molecule has 1 atom stereocenters. The number of nitrogens with one attached hydrogen (secondary N) is 2. The summed E-state index contributed by atoms with van der Waals surface area (Å²) in [6, 6.07) is 23.4. The summed E-state index contributed by atoms with van der Waals surface area (Å²) in [6.45, 7) is 2.27. The predicted molar refractivity (Wildman–Crippen MR) is 114 cm³/mol. The van der Waals surface area contributed by atoms with E-state index in [2.05, 4.69) is 10.6 Å². The van der Waals surface area contributed by atoms with Gasteiger partial charge in [0.15, 0.2) is 0 Å². The molecular formula is C23H23N3O3. The zero-order valence-corrected chi connectivity index (χ0v) is 16.1. The lowest BCUT2D eigenvalue weighted by Crippen LogP contribution is -2.31. The van der Waals surface area contributed by atoms with Crippen molar-refractivity contribution in [2.24, 2.45) is 5.73 Å². The Morgan fingerprint density at radius 2 is 1.52 bits per heavy atom. The molecule has 29 heavy (non-hydrogen) atoms. The van der Waals surface area contributed by atoms with Gasteiger partial charge in [0, 0.05) is 16.9 Å². The lowest BCUT2D eigenvalue weighted by Gasteiger charge is -2.16. The van der Waals surface area contributed by atoms with E-state index in [1.807, 2.05) is 54.6 Å². The van der Waals surface area contributed by atoms with Crippen LogP contribution in [0.3, 0.4) is 0 Å². The van der Waals surface area contributed by atoms with E-state index in [4.69, 9.17) is 10.5 Å². The van der Waals surface area contributed by atoms with Gasteiger partial charge in [-0.2, -0.15) is 0 Å². The van der Waals surface area contributed by atoms with Gasteiger partial charge in [-0.1, -0.05) is 30.3 Å². The van der Waals surface area contributed by atoms with Crippen molar-refractivity contribution in [2.75, 3.05) is 10.6 Å². The Kier molecular flexibility index (Phi) is 6.47. The molecule has 0 fully saturated rings. The van der Waals surface area contributed by atoms with Gasteiger partial charge in [0.05, 0.1) is 0 Å². The van der Waals surface area contributed by atoms with Crippen LogP contribution in [0.5, 0.6) is 5.75 Å². The fourth-order valence-electron chi connectivity index (χ4n) is 2.67. The maximum absolute atomic E-state index is 12.4. The number of hydrogen-bond acceptors (Lipinski definition) is 4. The van der Waals surface area contributed by atoms with Crippen LogP contribution in [0.4, 0.5) is 11.4 Å². The molecule has 3 aromatic rings. The average Bonchev–Trinajstić information content (AvgIpc) is 2.74. The highest BCUT2D eigenvalue weighted by atomic mass is 16.5. The SMILES string of the molecule is C[C@@H](Nc1ccc(OCc2ccccc2)cc1)C(=O)Nc1ccc(C(N)=O)cc1. The third-order valence-corrected chi connectivity index (χ3v) is 4.32. The highest BCUT2D eigenvalue weighted by Crippen LogP contribution is 2.18. The number of rotatable bonds is 8. The van der Waals surface area contributed by atoms with Gasteiger partial charge in [-0.15, -0.1) is 0 Å². The summed E-state index contributed by atoms with van der Waals surface area (Å²) in [5.41, 5.74) is 8.11. The fourth-order valence-corrected chi connectivity index (χ4v) is 2.67. The predicted octanol–water partition coefficient (Wildman–Crippen LogP) is 3.80. The molecule has 3 aromatic carbocycles. The van der Waals surface area contributed by atoms with Crippen LogP contribution in [-0.2, 0) is 11.4 Å². The van der Waals surface area contributed by atoms with Crippen molar-refractivity contribution in [3.05, 3.63) is 90.0 Å². The number of anilines is 2. The van der Waals surface area contributed by atoms with Crippen molar-refractivity contribution >= 4 is 23.2 Å². The first-order valence-electron chi connectivity index (χ1n) is 9.25. The van der Waals surface area contributed by atoms with Crippen LogP contribution in [0.1, 0.15) is 22.8 Å². The third-order valence-electron chi connectivity index (χ3n) is 4.32. The largest absolute Gasteiger partial charge is 0.489 e. The molecule has 0 radical (unpaired) electrons. The molecule has 0 heterocycles. The van der Waals surface area contributed by atoms with E-state index in [1.54, 1.807) is 31.2 Å². The number of benzene rings is 3. The Morgan fingerprint density at radius 3 is 2.14 bits per heavy atom. The molecule has 3 rings (SSSR count). The first-order valence-corrected chi connectivity index (χ1v) is 9.25. The first-order chi connectivity index (χ1) is 14.0. The molecule has 148 valence electrons. The van der Waals surface area contributed by atoms with Gasteiger partial charge in [0.1, 0.15) is 18.4 Å². The van der Waals surface area contributed by atoms with Gasteiger partial charge in [-0.05, 0) is 61.0 Å². The number of primary amides is 1. The lowest BCUT2D eigenvalue weighted by molar-refractivity contribution is -0.116. The molecular weight excluding hydrogens is 366 g/mol. The quantitative estimate of drug-likeness (QED) is 0.546. The van der Waals surface area contributed by atoms with Crippen molar-refractivity contribution in [1.29, 1.82) is 0 Å². The topological polar surface area (TPSA) is 93.4 Å². The van der Waals surface area contributed by atoms with Gasteiger partial charge in [-0.3, -0.25) is 9.59 Å². The number of hydrogen-bond donors (Lipinski definition) is 3. The number of nitrogens with two attached hydrogens (primary N) is 1. The molecule has 4 N–H and O–H groups in total. The molecule has 2 amide bonds. The van der Waals surface area contributed by atoms with E-state index in [0.29, 0.717) is 17.9 Å². The Morgan fingerprint density at radius 1 is 0.897 bits per heavy atom. The van der Waals surface area contributed by atoms with E-state index in [1.165, 1.54) is 0 Å². The van der Waals surface area contributed by atoms with Crippen LogP contribution in [0.15, 0.2) is 78.9 Å². The minimum Gasteiger partial charge on any atom is -0.489 e. The highest BCUT2D eigenvalue weighted by molar-refractivity contribution is 5.97. The van der Waals surface area contributed by atoms with Crippen LogP contribution in [0, 0.1) is 0 Å². The van der Waals surface area contributed by atoms with E-state index in [0.717, 1.165) is 17.0 Å². The summed E-state index contributed by atoms with van der Waals surface area (Å²) < 4.78 is 5.76. The molecule has 0 unspecified atom stereocenters. The standard InChI is InChI=1S/C23H23N3O3/c1-16(23(28)26-20-9-7-18(8-10-20)22(24)27)25-19-11-13-21(14-12-19)29-15-17-5-3-2-4-6-17/h2-14,16,25H,15H2,1H3,(H2,24,27)(H,26,28)/t16-/m1/s1. The van der Waals surface area contributed by atoms with Crippen LogP contribution in [0.2, 0.25) is 0 Å². The molecule has 6 heteroatoms. The number of carbonyl (C=O) groups excluding carboxylic acids is 2. The monoisotopic (exact) mass is 389 g/mol. The number of carbonyl (C=O) groups is 2. The Hall–Kier alpha value is -3.80. The first kappa shape index (κ1) is 19.9. The Bertz CT molecular complexity index is 955. The second-order valence-corrected chi connectivity index (χ2v) is 6.60.